The Labute approximate surface area is 74.2 Å². The standard InChI is InChI=1S/HNO2.Na.H2O4Se/c2-1-3;;1-5(2,3)4/h(H,2,3);;(H2,1,2,3,4)/q;+1;/p-1. The summed E-state index contributed by atoms with van der Waals surface area (Å²) in [7, 11) is 0. The van der Waals surface area contributed by atoms with Crippen molar-refractivity contribution in [2.45, 2.75) is 0 Å². The minimum absolute atomic E-state index is 0. The third-order valence-electron chi connectivity index (χ3n) is 0. The molecule has 0 radical (unpaired) electrons. The van der Waals surface area contributed by atoms with Crippen molar-refractivity contribution in [3.8, 4) is 0 Å². The van der Waals surface area contributed by atoms with Crippen LogP contribution in [0.3, 0.4) is 0 Å². The van der Waals surface area contributed by atoms with Crippen molar-refractivity contribution in [3.05, 3.63) is 4.91 Å². The number of nitrogens with zero attached hydrogens (tertiary/aromatic N) is 1. The van der Waals surface area contributed by atoms with Crippen LogP contribution in [-0.4, -0.2) is 22.8 Å². The second kappa shape index (κ2) is 8.44. The summed E-state index contributed by atoms with van der Waals surface area (Å²) in [6.07, 6.45) is 0. The van der Waals surface area contributed by atoms with Crippen LogP contribution in [0.25, 0.3) is 0 Å². The zero-order chi connectivity index (χ0) is 7.21. The van der Waals surface area contributed by atoms with Crippen LogP contribution in [0.2, 0.25) is 0 Å². The van der Waals surface area contributed by atoms with Crippen LogP contribution in [0.5, 0.6) is 0 Å². The molecular formula is H2NNaO6Se. The molecule has 0 aromatic rings. The van der Waals surface area contributed by atoms with E-state index in [-0.39, 0.29) is 29.6 Å². The van der Waals surface area contributed by atoms with E-state index < -0.39 is 13.4 Å². The maximum absolute atomic E-state index is 8.70. The summed E-state index contributed by atoms with van der Waals surface area (Å²) in [4.78, 5) is 8.11. The summed E-state index contributed by atoms with van der Waals surface area (Å²) in [6.45, 7) is 0. The molecule has 0 atom stereocenters. The van der Waals surface area contributed by atoms with Gasteiger partial charge in [0.25, 0.3) is 0 Å². The predicted molar refractivity (Wildman–Crippen MR) is 16.9 cm³/mol. The van der Waals surface area contributed by atoms with Gasteiger partial charge in [-0.25, -0.2) is 0 Å². The van der Waals surface area contributed by atoms with Gasteiger partial charge in [-0.15, -0.1) is 4.91 Å². The Hall–Kier alpha value is 0.439. The molecule has 2 N–H and O–H groups in total. The molecule has 0 amide bonds. The van der Waals surface area contributed by atoms with Gasteiger partial charge in [-0.05, 0) is 0 Å². The second-order valence-corrected chi connectivity index (χ2v) is 2.30. The molecule has 7 nitrogen and oxygen atoms in total. The zero-order valence-corrected chi connectivity index (χ0v) is 8.10. The van der Waals surface area contributed by atoms with Crippen LogP contribution >= 0.6 is 0 Å². The van der Waals surface area contributed by atoms with Gasteiger partial charge in [-0.2, -0.15) is 0 Å². The summed E-state index contributed by atoms with van der Waals surface area (Å²) in [5.74, 6) is 0. The SMILES string of the molecule is O=NO.O=[Se](=O)([O-])O.[Na+]. The first-order valence-electron chi connectivity index (χ1n) is 1.07. The van der Waals surface area contributed by atoms with E-state index in [2.05, 4.69) is 0 Å². The summed E-state index contributed by atoms with van der Waals surface area (Å²) >= 11 is -5.50. The summed E-state index contributed by atoms with van der Waals surface area (Å²) in [5.41, 5.74) is 0. The van der Waals surface area contributed by atoms with Crippen LogP contribution in [0.1, 0.15) is 0 Å². The Balaban J connectivity index is -0.0000000800. The Morgan fingerprint density at radius 2 is 1.44 bits per heavy atom. The van der Waals surface area contributed by atoms with Crippen molar-refractivity contribution in [3.63, 3.8) is 0 Å². The van der Waals surface area contributed by atoms with Crippen molar-refractivity contribution in [2.24, 2.45) is 5.34 Å². The molecule has 0 unspecified atom stereocenters. The van der Waals surface area contributed by atoms with E-state index in [0.717, 1.165) is 0 Å². The maximum Gasteiger partial charge on any atom is 1.00 e. The fourth-order valence-electron chi connectivity index (χ4n) is 0. The quantitative estimate of drug-likeness (QED) is 0.235. The van der Waals surface area contributed by atoms with Crippen molar-refractivity contribution in [2.75, 3.05) is 0 Å². The molecule has 9 heteroatoms. The molecule has 0 aliphatic heterocycles. The van der Waals surface area contributed by atoms with Crippen molar-refractivity contribution in [1.29, 1.82) is 0 Å². The fourth-order valence-corrected chi connectivity index (χ4v) is 0. The Morgan fingerprint density at radius 1 is 1.44 bits per heavy atom. The molecule has 0 aliphatic rings. The average molecular weight is 214 g/mol. The van der Waals surface area contributed by atoms with Crippen molar-refractivity contribution >= 4 is 13.4 Å². The Bertz CT molecular complexity index is 127. The van der Waals surface area contributed by atoms with Crippen LogP contribution in [0.15, 0.2) is 5.34 Å². The zero-order valence-electron chi connectivity index (χ0n) is 4.38. The first kappa shape index (κ1) is 16.2. The van der Waals surface area contributed by atoms with Crippen LogP contribution < -0.4 is 33.7 Å². The van der Waals surface area contributed by atoms with Crippen molar-refractivity contribution < 1.29 is 50.8 Å². The van der Waals surface area contributed by atoms with E-state index in [9.17, 15) is 0 Å². The van der Waals surface area contributed by atoms with E-state index in [0.29, 0.717) is 0 Å². The summed E-state index contributed by atoms with van der Waals surface area (Å²) < 4.78 is 33.1. The van der Waals surface area contributed by atoms with E-state index in [4.69, 9.17) is 26.2 Å². The van der Waals surface area contributed by atoms with Crippen LogP contribution in [0, 0.1) is 4.91 Å². The summed E-state index contributed by atoms with van der Waals surface area (Å²) in [6, 6.07) is 0. The largest absolute Gasteiger partial charge is 1.00 e. The molecule has 0 saturated heterocycles. The van der Waals surface area contributed by atoms with Gasteiger partial charge in [0.15, 0.2) is 5.34 Å². The molecule has 0 heterocycles. The topological polar surface area (TPSA) is 127 Å². The third kappa shape index (κ3) is 1810. The second-order valence-electron chi connectivity index (χ2n) is 0.509. The minimum atomic E-state index is -5.50. The van der Waals surface area contributed by atoms with Gasteiger partial charge in [0.05, 0.1) is 0 Å². The molecule has 0 aromatic heterocycles. The molecule has 9 heavy (non-hydrogen) atoms. The molecule has 0 saturated carbocycles. The summed E-state index contributed by atoms with van der Waals surface area (Å²) in [5, 5.41) is 7.89. The number of hydrogen-bond acceptors (Lipinski definition) is 5. The maximum atomic E-state index is 8.70. The minimum Gasteiger partial charge on any atom is 1.00 e. The Kier molecular flexibility index (Phi) is 15.2. The van der Waals surface area contributed by atoms with Gasteiger partial charge in [-0.3, -0.25) is 0 Å². The molecule has 0 rings (SSSR count). The van der Waals surface area contributed by atoms with Gasteiger partial charge in [0.2, 0.25) is 0 Å². The molecule has 0 aliphatic carbocycles. The molecular weight excluding hydrogens is 212 g/mol. The fraction of sp³-hybridized carbons (Fsp3) is 0. The molecule has 0 aromatic carbocycles. The number of hydrogen-bond donors (Lipinski definition) is 2. The van der Waals surface area contributed by atoms with Gasteiger partial charge < -0.3 is 5.21 Å². The van der Waals surface area contributed by atoms with Gasteiger partial charge >= 0.3 is 59.0 Å². The van der Waals surface area contributed by atoms with Gasteiger partial charge in [-0.1, -0.05) is 0 Å². The Morgan fingerprint density at radius 3 is 1.44 bits per heavy atom. The first-order valence-corrected chi connectivity index (χ1v) is 3.93. The first-order chi connectivity index (χ1) is 3.41. The molecule has 50 valence electrons. The van der Waals surface area contributed by atoms with E-state index in [1.165, 1.54) is 5.34 Å². The third-order valence-corrected chi connectivity index (χ3v) is 0. The monoisotopic (exact) mass is 215 g/mol. The van der Waals surface area contributed by atoms with E-state index in [1.54, 1.807) is 0 Å². The number of rotatable bonds is 0. The van der Waals surface area contributed by atoms with E-state index in [1.807, 2.05) is 0 Å². The van der Waals surface area contributed by atoms with Crippen LogP contribution in [0.4, 0.5) is 0 Å². The molecule has 0 bridgehead atoms. The van der Waals surface area contributed by atoms with Gasteiger partial charge in [0.1, 0.15) is 0 Å². The van der Waals surface area contributed by atoms with Crippen molar-refractivity contribution in [1.82, 2.24) is 0 Å². The van der Waals surface area contributed by atoms with Crippen LogP contribution in [-0.2, 0) is 7.67 Å². The normalized spacial score (nSPS) is 7.78. The predicted octanol–water partition coefficient (Wildman–Crippen LogP) is -5.22. The average Bonchev–Trinajstić information content (AvgIpc) is 1.27. The molecule has 0 fully saturated rings. The van der Waals surface area contributed by atoms with E-state index >= 15 is 0 Å². The molecule has 0 spiro atoms. The smallest absolute Gasteiger partial charge is 1.00 e. The van der Waals surface area contributed by atoms with Gasteiger partial charge in [0, 0.05) is 0 Å².